The summed E-state index contributed by atoms with van der Waals surface area (Å²) in [5.74, 6) is 0. The van der Waals surface area contributed by atoms with Gasteiger partial charge in [0.1, 0.15) is 18.3 Å². The minimum atomic E-state index is -0.755. The Morgan fingerprint density at radius 1 is 1.03 bits per heavy atom. The first kappa shape index (κ1) is 20.5. The van der Waals surface area contributed by atoms with Crippen LogP contribution in [0.15, 0.2) is 60.7 Å². The average Bonchev–Trinajstić information content (AvgIpc) is 2.78. The predicted octanol–water partition coefficient (Wildman–Crippen LogP) is 2.72. The quantitative estimate of drug-likeness (QED) is 0.806. The Hall–Kier alpha value is -1.80. The summed E-state index contributed by atoms with van der Waals surface area (Å²) in [7, 11) is 1.96. The first-order valence-corrected chi connectivity index (χ1v) is 10.2. The number of aliphatic hydroxyl groups excluding tert-OH is 1. The van der Waals surface area contributed by atoms with Gasteiger partial charge in [0.05, 0.1) is 19.3 Å². The van der Waals surface area contributed by atoms with Crippen molar-refractivity contribution in [2.75, 3.05) is 20.2 Å². The molecule has 0 saturated carbocycles. The summed E-state index contributed by atoms with van der Waals surface area (Å²) in [4.78, 5) is 2.05. The minimum Gasteiger partial charge on any atom is -0.388 e. The Morgan fingerprint density at radius 2 is 1.72 bits per heavy atom. The Balaban J connectivity index is 1.49. The van der Waals surface area contributed by atoms with Crippen molar-refractivity contribution in [3.05, 3.63) is 71.8 Å². The number of ether oxygens (including phenoxy) is 4. The predicted molar refractivity (Wildman–Crippen MR) is 108 cm³/mol. The summed E-state index contributed by atoms with van der Waals surface area (Å²) in [6, 6.07) is 19.4. The third kappa shape index (κ3) is 4.53. The van der Waals surface area contributed by atoms with Crippen molar-refractivity contribution in [3.63, 3.8) is 0 Å². The highest BCUT2D eigenvalue weighted by molar-refractivity contribution is 5.17. The molecule has 29 heavy (non-hydrogen) atoms. The van der Waals surface area contributed by atoms with Gasteiger partial charge in [-0.2, -0.15) is 0 Å². The van der Waals surface area contributed by atoms with Crippen LogP contribution in [0.3, 0.4) is 0 Å². The second-order valence-corrected chi connectivity index (χ2v) is 7.57. The number of nitrogens with zero attached hydrogens (tertiary/aromatic N) is 1. The van der Waals surface area contributed by atoms with E-state index in [1.54, 1.807) is 0 Å². The van der Waals surface area contributed by atoms with Gasteiger partial charge < -0.3 is 24.1 Å². The van der Waals surface area contributed by atoms with Crippen LogP contribution in [-0.2, 0) is 25.6 Å². The van der Waals surface area contributed by atoms with Crippen molar-refractivity contribution >= 4 is 0 Å². The molecule has 0 bridgehead atoms. The van der Waals surface area contributed by atoms with Crippen molar-refractivity contribution < 1.29 is 24.1 Å². The normalized spacial score (nSPS) is 32.1. The molecular formula is C23H29NO5. The van der Waals surface area contributed by atoms with Gasteiger partial charge in [-0.3, -0.25) is 4.90 Å². The van der Waals surface area contributed by atoms with Crippen LogP contribution in [-0.4, -0.2) is 60.8 Å². The SMILES string of the molecule is CCN(C)[C@H]1[C@H](OCc2ccccc2)O[C@@H]2COC(c3ccccc3)O[C@H]2[C@H]1O. The van der Waals surface area contributed by atoms with Gasteiger partial charge >= 0.3 is 0 Å². The lowest BCUT2D eigenvalue weighted by Gasteiger charge is -2.49. The van der Waals surface area contributed by atoms with Crippen LogP contribution in [0.4, 0.5) is 0 Å². The summed E-state index contributed by atoms with van der Waals surface area (Å²) in [6.45, 7) is 3.56. The number of aliphatic hydroxyl groups is 1. The van der Waals surface area contributed by atoms with E-state index in [0.717, 1.165) is 17.7 Å². The zero-order valence-corrected chi connectivity index (χ0v) is 16.9. The molecule has 1 N–H and O–H groups in total. The summed E-state index contributed by atoms with van der Waals surface area (Å²) in [5, 5.41) is 11.2. The van der Waals surface area contributed by atoms with Crippen LogP contribution in [0.1, 0.15) is 24.3 Å². The maximum absolute atomic E-state index is 11.2. The van der Waals surface area contributed by atoms with Crippen molar-refractivity contribution in [2.45, 2.75) is 50.5 Å². The molecule has 2 fully saturated rings. The lowest BCUT2D eigenvalue weighted by atomic mass is 9.94. The van der Waals surface area contributed by atoms with Gasteiger partial charge in [0.15, 0.2) is 12.6 Å². The van der Waals surface area contributed by atoms with E-state index in [2.05, 4.69) is 0 Å². The molecular weight excluding hydrogens is 370 g/mol. The van der Waals surface area contributed by atoms with Gasteiger partial charge in [-0.1, -0.05) is 67.6 Å². The van der Waals surface area contributed by atoms with E-state index in [0.29, 0.717) is 13.2 Å². The Labute approximate surface area is 171 Å². The molecule has 2 aromatic carbocycles. The number of hydrogen-bond acceptors (Lipinski definition) is 6. The van der Waals surface area contributed by atoms with Crippen LogP contribution >= 0.6 is 0 Å². The fourth-order valence-corrected chi connectivity index (χ4v) is 3.93. The molecule has 0 radical (unpaired) electrons. The lowest BCUT2D eigenvalue weighted by molar-refractivity contribution is -0.354. The number of fused-ring (bicyclic) bond motifs is 1. The molecule has 4 rings (SSSR count). The van der Waals surface area contributed by atoms with Crippen LogP contribution in [0.25, 0.3) is 0 Å². The van der Waals surface area contributed by atoms with Crippen molar-refractivity contribution in [1.82, 2.24) is 4.90 Å². The highest BCUT2D eigenvalue weighted by Gasteiger charge is 2.50. The molecule has 2 aliphatic heterocycles. The van der Waals surface area contributed by atoms with Crippen molar-refractivity contribution in [1.29, 1.82) is 0 Å². The van der Waals surface area contributed by atoms with E-state index < -0.39 is 24.8 Å². The molecule has 0 amide bonds. The zero-order valence-electron chi connectivity index (χ0n) is 16.9. The van der Waals surface area contributed by atoms with E-state index in [-0.39, 0.29) is 12.1 Å². The number of hydrogen-bond donors (Lipinski definition) is 1. The minimum absolute atomic E-state index is 0.334. The number of rotatable bonds is 6. The standard InChI is InChI=1S/C23H29NO5/c1-3-24(2)19-20(25)21-18(15-27-22(29-21)17-12-8-5-9-13-17)28-23(19)26-14-16-10-6-4-7-11-16/h4-13,18-23,25H,3,14-15H2,1-2H3/t18-,19-,20+,21-,22?,23-/m1/s1. The third-order valence-corrected chi connectivity index (χ3v) is 5.67. The molecule has 1 unspecified atom stereocenters. The summed E-state index contributed by atoms with van der Waals surface area (Å²) in [6.07, 6.45) is -2.70. The Bertz CT molecular complexity index is 758. The van der Waals surface area contributed by atoms with Crippen LogP contribution < -0.4 is 0 Å². The molecule has 2 aliphatic rings. The van der Waals surface area contributed by atoms with Gasteiger partial charge in [-0.25, -0.2) is 0 Å². The third-order valence-electron chi connectivity index (χ3n) is 5.67. The van der Waals surface area contributed by atoms with E-state index in [9.17, 15) is 5.11 Å². The fourth-order valence-electron chi connectivity index (χ4n) is 3.93. The fraction of sp³-hybridized carbons (Fsp3) is 0.478. The molecule has 156 valence electrons. The lowest BCUT2D eigenvalue weighted by Crippen LogP contribution is -2.66. The summed E-state index contributed by atoms with van der Waals surface area (Å²) >= 11 is 0. The maximum atomic E-state index is 11.2. The molecule has 2 aromatic rings. The van der Waals surface area contributed by atoms with E-state index in [1.807, 2.05) is 79.5 Å². The monoisotopic (exact) mass is 399 g/mol. The number of likely N-dealkylation sites (N-methyl/N-ethyl adjacent to an activating group) is 1. The van der Waals surface area contributed by atoms with Crippen molar-refractivity contribution in [2.24, 2.45) is 0 Å². The van der Waals surface area contributed by atoms with Gasteiger partial charge in [0.25, 0.3) is 0 Å². The molecule has 2 heterocycles. The van der Waals surface area contributed by atoms with Gasteiger partial charge in [-0.05, 0) is 19.2 Å². The molecule has 0 aromatic heterocycles. The van der Waals surface area contributed by atoms with Gasteiger partial charge in [0.2, 0.25) is 0 Å². The second kappa shape index (κ2) is 9.34. The second-order valence-electron chi connectivity index (χ2n) is 7.57. The topological polar surface area (TPSA) is 60.4 Å². The van der Waals surface area contributed by atoms with E-state index in [4.69, 9.17) is 18.9 Å². The molecule has 6 heteroatoms. The van der Waals surface area contributed by atoms with Gasteiger partial charge in [-0.15, -0.1) is 0 Å². The maximum Gasteiger partial charge on any atom is 0.184 e. The van der Waals surface area contributed by atoms with Crippen LogP contribution in [0, 0.1) is 0 Å². The summed E-state index contributed by atoms with van der Waals surface area (Å²) in [5.41, 5.74) is 1.99. The summed E-state index contributed by atoms with van der Waals surface area (Å²) < 4.78 is 24.4. The Kier molecular flexibility index (Phi) is 6.60. The zero-order chi connectivity index (χ0) is 20.2. The van der Waals surface area contributed by atoms with Crippen molar-refractivity contribution in [3.8, 4) is 0 Å². The first-order valence-electron chi connectivity index (χ1n) is 10.2. The molecule has 6 nitrogen and oxygen atoms in total. The average molecular weight is 399 g/mol. The van der Waals surface area contributed by atoms with Crippen LogP contribution in [0.5, 0.6) is 0 Å². The van der Waals surface area contributed by atoms with Gasteiger partial charge in [0, 0.05) is 5.56 Å². The molecule has 6 atom stereocenters. The van der Waals surface area contributed by atoms with E-state index in [1.165, 1.54) is 0 Å². The molecule has 0 aliphatic carbocycles. The van der Waals surface area contributed by atoms with E-state index >= 15 is 0 Å². The smallest absolute Gasteiger partial charge is 0.184 e. The highest BCUT2D eigenvalue weighted by atomic mass is 16.7. The number of benzene rings is 2. The molecule has 2 saturated heterocycles. The largest absolute Gasteiger partial charge is 0.388 e. The Morgan fingerprint density at radius 3 is 2.41 bits per heavy atom. The highest BCUT2D eigenvalue weighted by Crippen LogP contribution is 2.35. The first-order chi connectivity index (χ1) is 14.2. The van der Waals surface area contributed by atoms with Crippen LogP contribution in [0.2, 0.25) is 0 Å². The molecule has 0 spiro atoms.